The number of benzene rings is 3. The monoisotopic (exact) mass is 399 g/mol. The van der Waals surface area contributed by atoms with Crippen LogP contribution in [-0.2, 0) is 15.6 Å². The largest absolute Gasteiger partial charge is 0.497 e. The molecule has 0 aromatic heterocycles. The Bertz CT molecular complexity index is 960. The highest BCUT2D eigenvalue weighted by atomic mass is 32.2. The van der Waals surface area contributed by atoms with Gasteiger partial charge >= 0.3 is 0 Å². The van der Waals surface area contributed by atoms with Crippen LogP contribution >= 0.6 is 0 Å². The first-order valence-corrected chi connectivity index (χ1v) is 10.0. The van der Waals surface area contributed by atoms with E-state index in [4.69, 9.17) is 9.94 Å². The molecule has 0 heterocycles. The van der Waals surface area contributed by atoms with E-state index in [1.807, 2.05) is 36.4 Å². The van der Waals surface area contributed by atoms with Gasteiger partial charge in [-0.05, 0) is 35.9 Å². The van der Waals surface area contributed by atoms with Crippen molar-refractivity contribution >= 4 is 15.7 Å². The van der Waals surface area contributed by atoms with Crippen molar-refractivity contribution in [1.29, 1.82) is 0 Å². The summed E-state index contributed by atoms with van der Waals surface area (Å²) < 4.78 is 29.8. The minimum absolute atomic E-state index is 0.113. The molecule has 0 unspecified atom stereocenters. The minimum Gasteiger partial charge on any atom is -0.497 e. The lowest BCUT2D eigenvalue weighted by atomic mass is 10.1. The van der Waals surface area contributed by atoms with E-state index in [9.17, 15) is 13.2 Å². The van der Waals surface area contributed by atoms with Crippen LogP contribution in [0.1, 0.15) is 15.9 Å². The number of rotatable bonds is 5. The zero-order valence-electron chi connectivity index (χ0n) is 15.3. The average Bonchev–Trinajstić information content (AvgIpc) is 2.75. The van der Waals surface area contributed by atoms with E-state index in [-0.39, 0.29) is 16.2 Å². The molecule has 0 atom stereocenters. The third-order valence-electron chi connectivity index (χ3n) is 3.79. The Balaban J connectivity index is 0.000000397. The summed E-state index contributed by atoms with van der Waals surface area (Å²) in [5.74, 6) is -0.539. The number of hydrogen-bond acceptors (Lipinski definition) is 5. The Labute approximate surface area is 164 Å². The summed E-state index contributed by atoms with van der Waals surface area (Å²) in [7, 11) is -2.13. The molecule has 1 amide bonds. The Morgan fingerprint density at radius 1 is 0.893 bits per heavy atom. The van der Waals surface area contributed by atoms with Gasteiger partial charge in [-0.25, -0.2) is 13.9 Å². The predicted molar refractivity (Wildman–Crippen MR) is 106 cm³/mol. The van der Waals surface area contributed by atoms with Crippen LogP contribution in [0.3, 0.4) is 0 Å². The van der Waals surface area contributed by atoms with Gasteiger partial charge in [-0.1, -0.05) is 54.6 Å². The topological polar surface area (TPSA) is 92.7 Å². The molecule has 3 rings (SSSR count). The van der Waals surface area contributed by atoms with Crippen molar-refractivity contribution in [3.8, 4) is 5.75 Å². The van der Waals surface area contributed by atoms with E-state index in [2.05, 4.69) is 0 Å². The SMILES string of the molecule is COc1ccc(S(=O)(=O)Cc2ccccc2C(=O)NO)cc1.c1ccccc1. The predicted octanol–water partition coefficient (Wildman–Crippen LogP) is 3.47. The van der Waals surface area contributed by atoms with E-state index >= 15 is 0 Å². The van der Waals surface area contributed by atoms with E-state index in [1.54, 1.807) is 24.3 Å². The van der Waals surface area contributed by atoms with Crippen molar-refractivity contribution in [3.63, 3.8) is 0 Å². The fourth-order valence-electron chi connectivity index (χ4n) is 2.38. The van der Waals surface area contributed by atoms with Gasteiger partial charge in [-0.3, -0.25) is 10.0 Å². The molecule has 3 aromatic rings. The van der Waals surface area contributed by atoms with E-state index < -0.39 is 15.7 Å². The van der Waals surface area contributed by atoms with Crippen LogP contribution in [0.2, 0.25) is 0 Å². The summed E-state index contributed by atoms with van der Waals surface area (Å²) >= 11 is 0. The van der Waals surface area contributed by atoms with Gasteiger partial charge in [0.05, 0.1) is 17.8 Å². The fourth-order valence-corrected chi connectivity index (χ4v) is 3.76. The van der Waals surface area contributed by atoms with Crippen LogP contribution in [0, 0.1) is 0 Å². The molecule has 28 heavy (non-hydrogen) atoms. The number of hydroxylamine groups is 1. The second-order valence-electron chi connectivity index (χ2n) is 5.69. The lowest BCUT2D eigenvalue weighted by molar-refractivity contribution is 0.0705. The maximum Gasteiger partial charge on any atom is 0.274 e. The number of sulfone groups is 1. The normalized spacial score (nSPS) is 10.4. The van der Waals surface area contributed by atoms with Gasteiger partial charge in [0.1, 0.15) is 5.75 Å². The quantitative estimate of drug-likeness (QED) is 0.506. The summed E-state index contributed by atoms with van der Waals surface area (Å²) in [4.78, 5) is 11.7. The number of methoxy groups -OCH3 is 1. The molecular formula is C21H21NO5S. The van der Waals surface area contributed by atoms with Crippen molar-refractivity contribution < 1.29 is 23.2 Å². The van der Waals surface area contributed by atoms with Crippen molar-refractivity contribution in [2.75, 3.05) is 7.11 Å². The van der Waals surface area contributed by atoms with E-state index in [0.717, 1.165) is 0 Å². The summed E-state index contributed by atoms with van der Waals surface area (Å²) in [6, 6.07) is 24.2. The first-order valence-electron chi connectivity index (χ1n) is 8.37. The van der Waals surface area contributed by atoms with Gasteiger partial charge in [-0.2, -0.15) is 0 Å². The molecule has 0 spiro atoms. The molecular weight excluding hydrogens is 378 g/mol. The zero-order valence-corrected chi connectivity index (χ0v) is 16.1. The molecule has 3 aromatic carbocycles. The fraction of sp³-hybridized carbons (Fsp3) is 0.0952. The Morgan fingerprint density at radius 2 is 1.43 bits per heavy atom. The third kappa shape index (κ3) is 5.94. The first kappa shape index (κ1) is 21.1. The third-order valence-corrected chi connectivity index (χ3v) is 5.48. The Morgan fingerprint density at radius 3 is 1.93 bits per heavy atom. The van der Waals surface area contributed by atoms with Gasteiger partial charge in [0.15, 0.2) is 9.84 Å². The number of nitrogens with one attached hydrogen (secondary N) is 1. The van der Waals surface area contributed by atoms with Gasteiger partial charge in [0, 0.05) is 5.56 Å². The summed E-state index contributed by atoms with van der Waals surface area (Å²) in [5.41, 5.74) is 1.94. The second kappa shape index (κ2) is 10.2. The number of ether oxygens (including phenoxy) is 1. The standard InChI is InChI=1S/C15H15NO5S.C6H6/c1-21-12-6-8-13(9-7-12)22(19,20)10-11-4-2-3-5-14(11)15(17)16-18;1-2-4-6-5-3-1/h2-9,18H,10H2,1H3,(H,16,17);1-6H. The molecule has 7 heteroatoms. The average molecular weight is 399 g/mol. The minimum atomic E-state index is -3.62. The van der Waals surface area contributed by atoms with Gasteiger partial charge < -0.3 is 4.74 Å². The van der Waals surface area contributed by atoms with Crippen molar-refractivity contribution in [1.82, 2.24) is 5.48 Å². The molecule has 0 saturated carbocycles. The zero-order chi connectivity index (χ0) is 20.4. The van der Waals surface area contributed by atoms with Crippen molar-refractivity contribution in [2.24, 2.45) is 0 Å². The maximum absolute atomic E-state index is 12.4. The molecule has 0 aliphatic heterocycles. The number of carbonyl (C=O) groups is 1. The van der Waals surface area contributed by atoms with Crippen molar-refractivity contribution in [3.05, 3.63) is 96.1 Å². The number of carbonyl (C=O) groups excluding carboxylic acids is 1. The molecule has 0 fully saturated rings. The van der Waals surface area contributed by atoms with Crippen LogP contribution in [0.5, 0.6) is 5.75 Å². The Kier molecular flexibility index (Phi) is 7.74. The van der Waals surface area contributed by atoms with Crippen LogP contribution in [0.15, 0.2) is 89.8 Å². The highest BCUT2D eigenvalue weighted by Crippen LogP contribution is 2.21. The second-order valence-corrected chi connectivity index (χ2v) is 7.68. The Hall–Kier alpha value is -3.16. The van der Waals surface area contributed by atoms with Crippen LogP contribution in [0.4, 0.5) is 0 Å². The number of amides is 1. The lowest BCUT2D eigenvalue weighted by Crippen LogP contribution is -2.21. The highest BCUT2D eigenvalue weighted by molar-refractivity contribution is 7.90. The molecule has 0 saturated heterocycles. The molecule has 6 nitrogen and oxygen atoms in total. The van der Waals surface area contributed by atoms with Crippen LogP contribution in [0.25, 0.3) is 0 Å². The van der Waals surface area contributed by atoms with Crippen molar-refractivity contribution in [2.45, 2.75) is 10.6 Å². The highest BCUT2D eigenvalue weighted by Gasteiger charge is 2.19. The van der Waals surface area contributed by atoms with Crippen LogP contribution in [-0.4, -0.2) is 26.6 Å². The molecule has 0 bridgehead atoms. The van der Waals surface area contributed by atoms with E-state index in [0.29, 0.717) is 11.3 Å². The smallest absolute Gasteiger partial charge is 0.274 e. The van der Waals surface area contributed by atoms with Gasteiger partial charge in [-0.15, -0.1) is 0 Å². The maximum atomic E-state index is 12.4. The van der Waals surface area contributed by atoms with Gasteiger partial charge in [0.2, 0.25) is 0 Å². The molecule has 0 radical (unpaired) electrons. The molecule has 146 valence electrons. The van der Waals surface area contributed by atoms with Gasteiger partial charge in [0.25, 0.3) is 5.91 Å². The van der Waals surface area contributed by atoms with Crippen LogP contribution < -0.4 is 10.2 Å². The molecule has 0 aliphatic carbocycles. The summed E-state index contributed by atoms with van der Waals surface area (Å²) in [5, 5.41) is 8.72. The molecule has 0 aliphatic rings. The summed E-state index contributed by atoms with van der Waals surface area (Å²) in [6.07, 6.45) is 0. The number of hydrogen-bond donors (Lipinski definition) is 2. The summed E-state index contributed by atoms with van der Waals surface area (Å²) in [6.45, 7) is 0. The first-order chi connectivity index (χ1) is 13.5. The molecule has 2 N–H and O–H groups in total. The lowest BCUT2D eigenvalue weighted by Gasteiger charge is -2.09. The van der Waals surface area contributed by atoms with E-state index in [1.165, 1.54) is 36.9 Å².